The van der Waals surface area contributed by atoms with Crippen molar-refractivity contribution < 1.29 is 19.1 Å². The zero-order valence-electron chi connectivity index (χ0n) is 16.5. The van der Waals surface area contributed by atoms with Crippen molar-refractivity contribution >= 4 is 11.9 Å². The lowest BCUT2D eigenvalue weighted by molar-refractivity contribution is -0.140. The lowest BCUT2D eigenvalue weighted by Gasteiger charge is -2.11. The van der Waals surface area contributed by atoms with Crippen molar-refractivity contribution in [2.75, 3.05) is 20.8 Å². The molecule has 2 aromatic rings. The maximum atomic E-state index is 12.3. The summed E-state index contributed by atoms with van der Waals surface area (Å²) in [5.74, 6) is -0.603. The molecule has 148 valence electrons. The molecule has 0 spiro atoms. The Bertz CT molecular complexity index is 881. The van der Waals surface area contributed by atoms with E-state index in [1.54, 1.807) is 28.9 Å². The number of ether oxygens (including phenoxy) is 2. The molecule has 8 heteroatoms. The molecule has 0 unspecified atom stereocenters. The van der Waals surface area contributed by atoms with Crippen LogP contribution in [0.3, 0.4) is 0 Å². The third kappa shape index (κ3) is 4.96. The van der Waals surface area contributed by atoms with Gasteiger partial charge in [0.05, 0.1) is 31.2 Å². The number of carbonyl (C=O) groups is 2. The van der Waals surface area contributed by atoms with Gasteiger partial charge in [0.1, 0.15) is 6.04 Å². The van der Waals surface area contributed by atoms with Crippen LogP contribution in [0.5, 0.6) is 0 Å². The second kappa shape index (κ2) is 9.67. The van der Waals surface area contributed by atoms with Gasteiger partial charge in [0.25, 0.3) is 5.91 Å². The number of rotatable bonds is 8. The Balaban J connectivity index is 2.16. The zero-order valence-corrected chi connectivity index (χ0v) is 16.5. The number of nitrogens with one attached hydrogen (secondary N) is 1. The first-order valence-electron chi connectivity index (χ1n) is 8.83. The number of nitriles is 1. The summed E-state index contributed by atoms with van der Waals surface area (Å²) in [6.45, 7) is 3.96. The third-order valence-electron chi connectivity index (χ3n) is 4.42. The molecule has 1 aromatic carbocycles. The Morgan fingerprint density at radius 3 is 2.50 bits per heavy atom. The molecule has 1 amide bonds. The fourth-order valence-corrected chi connectivity index (χ4v) is 2.89. The number of hydrogen-bond donors (Lipinski definition) is 1. The van der Waals surface area contributed by atoms with Gasteiger partial charge in [0.15, 0.2) is 0 Å². The van der Waals surface area contributed by atoms with Crippen molar-refractivity contribution in [3.8, 4) is 11.8 Å². The second-order valence-electron chi connectivity index (χ2n) is 6.29. The van der Waals surface area contributed by atoms with E-state index in [4.69, 9.17) is 14.7 Å². The monoisotopic (exact) mass is 384 g/mol. The molecule has 8 nitrogen and oxygen atoms in total. The van der Waals surface area contributed by atoms with Crippen LogP contribution in [-0.2, 0) is 20.7 Å². The van der Waals surface area contributed by atoms with Gasteiger partial charge in [-0.05, 0) is 50.1 Å². The van der Waals surface area contributed by atoms with Crippen LogP contribution in [-0.4, -0.2) is 48.5 Å². The van der Waals surface area contributed by atoms with Crippen LogP contribution in [0.15, 0.2) is 24.3 Å². The molecular weight excluding hydrogens is 360 g/mol. The lowest BCUT2D eigenvalue weighted by Crippen LogP contribution is -2.36. The predicted octanol–water partition coefficient (Wildman–Crippen LogP) is 1.86. The van der Waals surface area contributed by atoms with Gasteiger partial charge in [-0.2, -0.15) is 10.4 Å². The van der Waals surface area contributed by atoms with Crippen molar-refractivity contribution in [3.05, 3.63) is 46.8 Å². The van der Waals surface area contributed by atoms with Crippen LogP contribution in [0.4, 0.5) is 0 Å². The van der Waals surface area contributed by atoms with Crippen molar-refractivity contribution in [1.82, 2.24) is 15.1 Å². The summed E-state index contributed by atoms with van der Waals surface area (Å²) >= 11 is 0. The van der Waals surface area contributed by atoms with Crippen LogP contribution < -0.4 is 5.32 Å². The van der Waals surface area contributed by atoms with Gasteiger partial charge in [0.2, 0.25) is 0 Å². The maximum absolute atomic E-state index is 12.3. The molecule has 0 saturated carbocycles. The highest BCUT2D eigenvalue weighted by atomic mass is 16.5. The first-order chi connectivity index (χ1) is 13.4. The molecule has 0 aliphatic heterocycles. The summed E-state index contributed by atoms with van der Waals surface area (Å²) in [6.07, 6.45) is 0.852. The van der Waals surface area contributed by atoms with E-state index in [0.29, 0.717) is 18.4 Å². The average Bonchev–Trinajstić information content (AvgIpc) is 2.99. The van der Waals surface area contributed by atoms with E-state index in [2.05, 4.69) is 10.4 Å². The summed E-state index contributed by atoms with van der Waals surface area (Å²) in [5.41, 5.74) is 4.02. The molecule has 0 aliphatic carbocycles. The van der Waals surface area contributed by atoms with Crippen LogP contribution >= 0.6 is 0 Å². The second-order valence-corrected chi connectivity index (χ2v) is 6.29. The Kier molecular flexibility index (Phi) is 7.29. The number of hydrogen-bond acceptors (Lipinski definition) is 6. The Labute approximate surface area is 164 Å². The molecule has 0 fully saturated rings. The molecule has 2 rings (SSSR count). The molecule has 1 aromatic heterocycles. The fraction of sp³-hybridized carbons (Fsp3) is 0.400. The molecule has 1 N–H and O–H groups in total. The van der Waals surface area contributed by atoms with Gasteiger partial charge in [-0.15, -0.1) is 0 Å². The SMILES string of the molecule is COC[C@H](C#N)NC(=O)c1ccc(-n2nc(C)c(CCC(=O)OC)c2C)cc1. The highest BCUT2D eigenvalue weighted by Gasteiger charge is 2.16. The number of esters is 1. The fourth-order valence-electron chi connectivity index (χ4n) is 2.89. The first-order valence-corrected chi connectivity index (χ1v) is 8.83. The standard InChI is InChI=1S/C20H24N4O4/c1-13-18(9-10-19(25)28-4)14(2)24(23-13)17-7-5-15(6-8-17)20(26)22-16(11-21)12-27-3/h5-8,16H,9-10,12H2,1-4H3,(H,22,26)/t16-/m0/s1. The van der Waals surface area contributed by atoms with E-state index < -0.39 is 6.04 Å². The molecule has 1 heterocycles. The molecule has 0 bridgehead atoms. The van der Waals surface area contributed by atoms with Gasteiger partial charge in [-0.1, -0.05) is 0 Å². The van der Waals surface area contributed by atoms with E-state index in [-0.39, 0.29) is 18.5 Å². The van der Waals surface area contributed by atoms with Crippen molar-refractivity contribution in [3.63, 3.8) is 0 Å². The predicted molar refractivity (Wildman–Crippen MR) is 102 cm³/mol. The van der Waals surface area contributed by atoms with E-state index in [1.807, 2.05) is 19.9 Å². The molecule has 0 saturated heterocycles. The smallest absolute Gasteiger partial charge is 0.305 e. The minimum atomic E-state index is -0.703. The van der Waals surface area contributed by atoms with Crippen LogP contribution in [0.25, 0.3) is 5.69 Å². The Morgan fingerprint density at radius 1 is 1.25 bits per heavy atom. The largest absolute Gasteiger partial charge is 0.469 e. The van der Waals surface area contributed by atoms with E-state index in [1.165, 1.54) is 14.2 Å². The number of nitrogens with zero attached hydrogens (tertiary/aromatic N) is 3. The zero-order chi connectivity index (χ0) is 20.7. The van der Waals surface area contributed by atoms with E-state index in [0.717, 1.165) is 22.6 Å². The quantitative estimate of drug-likeness (QED) is 0.697. The van der Waals surface area contributed by atoms with Crippen molar-refractivity contribution in [1.29, 1.82) is 5.26 Å². The maximum Gasteiger partial charge on any atom is 0.305 e. The van der Waals surface area contributed by atoms with E-state index in [9.17, 15) is 9.59 Å². The molecule has 28 heavy (non-hydrogen) atoms. The number of aromatic nitrogens is 2. The molecular formula is C20H24N4O4. The molecule has 0 aliphatic rings. The molecule has 1 atom stereocenters. The summed E-state index contributed by atoms with van der Waals surface area (Å²) in [7, 11) is 2.84. The number of methoxy groups -OCH3 is 2. The highest BCUT2D eigenvalue weighted by molar-refractivity contribution is 5.94. The van der Waals surface area contributed by atoms with Crippen molar-refractivity contribution in [2.45, 2.75) is 32.7 Å². The number of amides is 1. The van der Waals surface area contributed by atoms with Gasteiger partial charge in [0, 0.05) is 24.8 Å². The summed E-state index contributed by atoms with van der Waals surface area (Å²) in [6, 6.07) is 8.20. The number of aryl methyl sites for hydroxylation is 1. The number of carbonyl (C=O) groups excluding carboxylic acids is 2. The van der Waals surface area contributed by atoms with E-state index >= 15 is 0 Å². The normalized spacial score (nSPS) is 11.5. The van der Waals surface area contributed by atoms with Crippen LogP contribution in [0.1, 0.15) is 33.7 Å². The first kappa shape index (κ1) is 21.1. The topological polar surface area (TPSA) is 106 Å². The van der Waals surface area contributed by atoms with Gasteiger partial charge < -0.3 is 14.8 Å². The minimum Gasteiger partial charge on any atom is -0.469 e. The van der Waals surface area contributed by atoms with Crippen molar-refractivity contribution in [2.24, 2.45) is 0 Å². The van der Waals surface area contributed by atoms with Gasteiger partial charge in [-0.25, -0.2) is 4.68 Å². The minimum absolute atomic E-state index is 0.125. The number of benzene rings is 1. The highest BCUT2D eigenvalue weighted by Crippen LogP contribution is 2.20. The summed E-state index contributed by atoms with van der Waals surface area (Å²) < 4.78 is 11.4. The summed E-state index contributed by atoms with van der Waals surface area (Å²) in [5, 5.41) is 16.2. The van der Waals surface area contributed by atoms with Crippen LogP contribution in [0.2, 0.25) is 0 Å². The Hall–Kier alpha value is -3.18. The van der Waals surface area contributed by atoms with Gasteiger partial charge >= 0.3 is 5.97 Å². The van der Waals surface area contributed by atoms with Gasteiger partial charge in [-0.3, -0.25) is 9.59 Å². The average molecular weight is 384 g/mol. The molecule has 0 radical (unpaired) electrons. The third-order valence-corrected chi connectivity index (χ3v) is 4.42. The van der Waals surface area contributed by atoms with Crippen LogP contribution in [0, 0.1) is 25.2 Å². The Morgan fingerprint density at radius 2 is 1.93 bits per heavy atom. The summed E-state index contributed by atoms with van der Waals surface area (Å²) in [4.78, 5) is 23.7. The lowest BCUT2D eigenvalue weighted by atomic mass is 10.1.